The van der Waals surface area contributed by atoms with E-state index in [1.165, 1.54) is 14.0 Å². The van der Waals surface area contributed by atoms with Gasteiger partial charge in [-0.1, -0.05) is 30.7 Å². The molecule has 1 aliphatic heterocycles. The summed E-state index contributed by atoms with van der Waals surface area (Å²) in [7, 11) is 1.29. The molecule has 1 unspecified atom stereocenters. The first-order chi connectivity index (χ1) is 13.9. The van der Waals surface area contributed by atoms with Crippen molar-refractivity contribution in [3.8, 4) is 0 Å². The van der Waals surface area contributed by atoms with Crippen molar-refractivity contribution >= 4 is 23.7 Å². The Hall–Kier alpha value is -2.90. The first-order valence-corrected chi connectivity index (χ1v) is 9.89. The summed E-state index contributed by atoms with van der Waals surface area (Å²) < 4.78 is 4.84. The Balaban J connectivity index is 2.27. The molecule has 1 heterocycles. The monoisotopic (exact) mass is 403 g/mol. The van der Waals surface area contributed by atoms with Gasteiger partial charge in [0.25, 0.3) is 0 Å². The van der Waals surface area contributed by atoms with Crippen LogP contribution in [0.25, 0.3) is 0 Å². The van der Waals surface area contributed by atoms with E-state index in [-0.39, 0.29) is 24.1 Å². The highest BCUT2D eigenvalue weighted by Gasteiger charge is 2.23. The van der Waals surface area contributed by atoms with Crippen LogP contribution in [0, 0.1) is 0 Å². The highest BCUT2D eigenvalue weighted by atomic mass is 16.5. The SMILES string of the molecule is COC(=O)C1Cc2cccc(c2)C[C@H](NC(C)=O)C(=O)NCCCCCC(=O)N1. The Morgan fingerprint density at radius 3 is 2.52 bits per heavy atom. The highest BCUT2D eigenvalue weighted by Crippen LogP contribution is 2.12. The Morgan fingerprint density at radius 1 is 1.10 bits per heavy atom. The van der Waals surface area contributed by atoms with Crippen LogP contribution in [0.3, 0.4) is 0 Å². The molecule has 2 atom stereocenters. The molecule has 8 heteroatoms. The fourth-order valence-corrected chi connectivity index (χ4v) is 3.33. The minimum atomic E-state index is -0.773. The summed E-state index contributed by atoms with van der Waals surface area (Å²) in [4.78, 5) is 48.4. The van der Waals surface area contributed by atoms with E-state index in [4.69, 9.17) is 4.74 Å². The maximum Gasteiger partial charge on any atom is 0.328 e. The number of hydrogen-bond donors (Lipinski definition) is 3. The molecule has 8 nitrogen and oxygen atoms in total. The predicted octanol–water partition coefficient (Wildman–Crippen LogP) is 0.624. The molecule has 2 rings (SSSR count). The largest absolute Gasteiger partial charge is 0.467 e. The number of nitrogens with one attached hydrogen (secondary N) is 3. The van der Waals surface area contributed by atoms with Crippen molar-refractivity contribution in [2.75, 3.05) is 13.7 Å². The van der Waals surface area contributed by atoms with Crippen LogP contribution in [0.15, 0.2) is 24.3 Å². The fourth-order valence-electron chi connectivity index (χ4n) is 3.33. The maximum absolute atomic E-state index is 12.5. The lowest BCUT2D eigenvalue weighted by atomic mass is 9.99. The molecular weight excluding hydrogens is 374 g/mol. The van der Waals surface area contributed by atoms with Gasteiger partial charge >= 0.3 is 5.97 Å². The molecule has 1 aromatic carbocycles. The summed E-state index contributed by atoms with van der Waals surface area (Å²) in [6, 6.07) is 5.96. The Kier molecular flexibility index (Phi) is 8.64. The first kappa shape index (κ1) is 22.4. The number of methoxy groups -OCH3 is 1. The van der Waals surface area contributed by atoms with E-state index in [9.17, 15) is 19.2 Å². The number of ether oxygens (including phenoxy) is 1. The maximum atomic E-state index is 12.5. The molecule has 1 aromatic rings. The average molecular weight is 403 g/mol. The third-order valence-electron chi connectivity index (χ3n) is 4.77. The van der Waals surface area contributed by atoms with Gasteiger partial charge < -0.3 is 20.7 Å². The van der Waals surface area contributed by atoms with Crippen LogP contribution in [0.4, 0.5) is 0 Å². The van der Waals surface area contributed by atoms with Crippen LogP contribution < -0.4 is 16.0 Å². The third kappa shape index (κ3) is 7.56. The van der Waals surface area contributed by atoms with Gasteiger partial charge in [-0.15, -0.1) is 0 Å². The van der Waals surface area contributed by atoms with Gasteiger partial charge in [0, 0.05) is 32.7 Å². The van der Waals surface area contributed by atoms with Crippen LogP contribution in [0.5, 0.6) is 0 Å². The molecule has 2 bridgehead atoms. The van der Waals surface area contributed by atoms with Crippen LogP contribution >= 0.6 is 0 Å². The lowest BCUT2D eigenvalue weighted by molar-refractivity contribution is -0.145. The Bertz CT molecular complexity index is 730. The molecule has 0 spiro atoms. The summed E-state index contributed by atoms with van der Waals surface area (Å²) in [6.07, 6.45) is 3.05. The van der Waals surface area contributed by atoms with E-state index in [1.54, 1.807) is 0 Å². The predicted molar refractivity (Wildman–Crippen MR) is 107 cm³/mol. The van der Waals surface area contributed by atoms with Gasteiger partial charge in [0.15, 0.2) is 0 Å². The molecule has 0 aromatic heterocycles. The van der Waals surface area contributed by atoms with Crippen LogP contribution in [-0.4, -0.2) is 49.4 Å². The molecule has 0 aliphatic carbocycles. The normalized spacial score (nSPS) is 21.4. The molecule has 0 saturated heterocycles. The number of carbonyl (C=O) groups is 4. The lowest BCUT2D eigenvalue weighted by Gasteiger charge is -2.20. The van der Waals surface area contributed by atoms with Crippen LogP contribution in [0.1, 0.15) is 43.7 Å². The molecule has 29 heavy (non-hydrogen) atoms. The first-order valence-electron chi connectivity index (χ1n) is 9.89. The fraction of sp³-hybridized carbons (Fsp3) is 0.524. The van der Waals surface area contributed by atoms with Crippen LogP contribution in [-0.2, 0) is 36.8 Å². The van der Waals surface area contributed by atoms with E-state index in [0.29, 0.717) is 25.8 Å². The smallest absolute Gasteiger partial charge is 0.328 e. The van der Waals surface area contributed by atoms with Crippen molar-refractivity contribution in [1.82, 2.24) is 16.0 Å². The third-order valence-corrected chi connectivity index (χ3v) is 4.77. The van der Waals surface area contributed by atoms with Gasteiger partial charge in [0.1, 0.15) is 12.1 Å². The molecule has 0 fully saturated rings. The van der Waals surface area contributed by atoms with E-state index >= 15 is 0 Å². The number of benzene rings is 1. The number of esters is 1. The minimum Gasteiger partial charge on any atom is -0.467 e. The summed E-state index contributed by atoms with van der Waals surface area (Å²) in [6.45, 7) is 1.85. The molecule has 3 N–H and O–H groups in total. The standard InChI is InChI=1S/C21H29N3O5/c1-14(25)23-17-12-15-7-6-8-16(11-15)13-18(21(28)29-2)24-19(26)9-4-3-5-10-22-20(17)27/h6-8,11,17-18H,3-5,9-10,12-13H2,1-2H3,(H,22,27)(H,23,25)(H,24,26)/t17-,18?/m0/s1. The van der Waals surface area contributed by atoms with Crippen molar-refractivity contribution in [2.24, 2.45) is 0 Å². The van der Waals surface area contributed by atoms with Gasteiger partial charge in [0.05, 0.1) is 7.11 Å². The summed E-state index contributed by atoms with van der Waals surface area (Å²) >= 11 is 0. The highest BCUT2D eigenvalue weighted by molar-refractivity contribution is 5.87. The number of fused-ring (bicyclic) bond motifs is 2. The molecule has 158 valence electrons. The van der Waals surface area contributed by atoms with Gasteiger partial charge in [0.2, 0.25) is 17.7 Å². The zero-order valence-corrected chi connectivity index (χ0v) is 17.0. The summed E-state index contributed by atoms with van der Waals surface area (Å²) in [5, 5.41) is 8.32. The van der Waals surface area contributed by atoms with Gasteiger partial charge in [-0.05, 0) is 24.0 Å². The van der Waals surface area contributed by atoms with Gasteiger partial charge in [-0.25, -0.2) is 4.79 Å². The second-order valence-corrected chi connectivity index (χ2v) is 7.23. The number of hydrogen-bond acceptors (Lipinski definition) is 5. The summed E-state index contributed by atoms with van der Waals surface area (Å²) in [5.41, 5.74) is 1.67. The molecular formula is C21H29N3O5. The summed E-state index contributed by atoms with van der Waals surface area (Å²) in [5.74, 6) is -1.20. The zero-order chi connectivity index (χ0) is 21.2. The van der Waals surface area contributed by atoms with Gasteiger partial charge in [-0.2, -0.15) is 0 Å². The molecule has 1 aliphatic rings. The van der Waals surface area contributed by atoms with Gasteiger partial charge in [-0.3, -0.25) is 14.4 Å². The number of amides is 3. The Labute approximate surface area is 170 Å². The lowest BCUT2D eigenvalue weighted by Crippen LogP contribution is -2.47. The topological polar surface area (TPSA) is 114 Å². The van der Waals surface area contributed by atoms with Crippen molar-refractivity contribution in [2.45, 2.75) is 57.5 Å². The molecule has 0 radical (unpaired) electrons. The minimum absolute atomic E-state index is 0.196. The second-order valence-electron chi connectivity index (χ2n) is 7.23. The average Bonchev–Trinajstić information content (AvgIpc) is 2.68. The zero-order valence-electron chi connectivity index (χ0n) is 17.0. The van der Waals surface area contributed by atoms with Crippen molar-refractivity contribution in [3.05, 3.63) is 35.4 Å². The Morgan fingerprint density at radius 2 is 1.83 bits per heavy atom. The van der Waals surface area contributed by atoms with E-state index in [2.05, 4.69) is 16.0 Å². The number of carbonyl (C=O) groups excluding carboxylic acids is 4. The van der Waals surface area contributed by atoms with Crippen LogP contribution in [0.2, 0.25) is 0 Å². The quantitative estimate of drug-likeness (QED) is 0.627. The second kappa shape index (κ2) is 11.2. The van der Waals surface area contributed by atoms with Crippen molar-refractivity contribution < 1.29 is 23.9 Å². The van der Waals surface area contributed by atoms with Crippen molar-refractivity contribution in [1.29, 1.82) is 0 Å². The van der Waals surface area contributed by atoms with E-state index in [1.807, 2.05) is 24.3 Å². The van der Waals surface area contributed by atoms with Crippen molar-refractivity contribution in [3.63, 3.8) is 0 Å². The van der Waals surface area contributed by atoms with E-state index < -0.39 is 18.1 Å². The molecule has 3 amide bonds. The molecule has 0 saturated carbocycles. The number of rotatable bonds is 2. The van der Waals surface area contributed by atoms with E-state index in [0.717, 1.165) is 24.0 Å².